The highest BCUT2D eigenvalue weighted by Crippen LogP contribution is 2.44. The molecule has 2 aromatic rings. The highest BCUT2D eigenvalue weighted by atomic mass is 16.5. The van der Waals surface area contributed by atoms with Crippen molar-refractivity contribution in [3.63, 3.8) is 0 Å². The molecule has 35 heavy (non-hydrogen) atoms. The quantitative estimate of drug-likeness (QED) is 0.471. The molecule has 186 valence electrons. The zero-order chi connectivity index (χ0) is 24.8. The maximum Gasteiger partial charge on any atom is 0.407 e. The average Bonchev–Trinajstić information content (AvgIpc) is 2.98. The number of benzene rings is 2. The highest BCUT2D eigenvalue weighted by Gasteiger charge is 2.34. The van der Waals surface area contributed by atoms with Crippen LogP contribution in [0.2, 0.25) is 0 Å². The smallest absolute Gasteiger partial charge is 0.407 e. The fourth-order valence-corrected chi connectivity index (χ4v) is 5.41. The summed E-state index contributed by atoms with van der Waals surface area (Å²) in [6, 6.07) is 15.0. The summed E-state index contributed by atoms with van der Waals surface area (Å²) < 4.78 is 5.69. The summed E-state index contributed by atoms with van der Waals surface area (Å²) in [7, 11) is 0. The van der Waals surface area contributed by atoms with Gasteiger partial charge in [0.1, 0.15) is 12.6 Å². The topological polar surface area (TPSA) is 105 Å². The zero-order valence-corrected chi connectivity index (χ0v) is 20.2. The molecule has 0 saturated heterocycles. The average molecular weight is 479 g/mol. The molecule has 7 nitrogen and oxygen atoms in total. The molecule has 2 aliphatic rings. The van der Waals surface area contributed by atoms with Crippen LogP contribution in [0.25, 0.3) is 11.1 Å². The molecule has 7 heteroatoms. The van der Waals surface area contributed by atoms with E-state index in [0.717, 1.165) is 41.5 Å². The molecule has 2 aliphatic carbocycles. The number of amides is 2. The van der Waals surface area contributed by atoms with Gasteiger partial charge in [-0.1, -0.05) is 81.1 Å². The van der Waals surface area contributed by atoms with Crippen molar-refractivity contribution >= 4 is 18.0 Å². The van der Waals surface area contributed by atoms with E-state index in [1.54, 1.807) is 0 Å². The predicted octanol–water partition coefficient (Wildman–Crippen LogP) is 4.84. The first-order valence-corrected chi connectivity index (χ1v) is 12.6. The van der Waals surface area contributed by atoms with Crippen LogP contribution in [0.5, 0.6) is 0 Å². The Hall–Kier alpha value is -3.35. The number of rotatable bonds is 8. The van der Waals surface area contributed by atoms with Crippen molar-refractivity contribution in [1.29, 1.82) is 0 Å². The maximum atomic E-state index is 13.0. The van der Waals surface area contributed by atoms with Crippen LogP contribution < -0.4 is 10.6 Å². The minimum Gasteiger partial charge on any atom is -0.480 e. The summed E-state index contributed by atoms with van der Waals surface area (Å²) in [4.78, 5) is 37.4. The third-order valence-corrected chi connectivity index (χ3v) is 7.19. The van der Waals surface area contributed by atoms with E-state index in [-0.39, 0.29) is 24.5 Å². The van der Waals surface area contributed by atoms with Gasteiger partial charge in [-0.15, -0.1) is 0 Å². The van der Waals surface area contributed by atoms with Gasteiger partial charge in [0.2, 0.25) is 5.91 Å². The fourth-order valence-electron chi connectivity index (χ4n) is 5.41. The van der Waals surface area contributed by atoms with Crippen molar-refractivity contribution in [3.8, 4) is 11.1 Å². The number of alkyl carbamates (subject to hydrolysis) is 1. The summed E-state index contributed by atoms with van der Waals surface area (Å²) in [5.74, 6) is -1.85. The van der Waals surface area contributed by atoms with Gasteiger partial charge in [0.25, 0.3) is 0 Å². The Bertz CT molecular complexity index is 1020. The van der Waals surface area contributed by atoms with Crippen LogP contribution in [0.4, 0.5) is 4.79 Å². The highest BCUT2D eigenvalue weighted by molar-refractivity contribution is 5.86. The number of hydrogen-bond donors (Lipinski definition) is 3. The Kier molecular flexibility index (Phi) is 8.06. The summed E-state index contributed by atoms with van der Waals surface area (Å²) in [6.07, 6.45) is 4.50. The maximum absolute atomic E-state index is 13.0. The van der Waals surface area contributed by atoms with Crippen LogP contribution in [0, 0.1) is 5.92 Å². The molecule has 4 rings (SSSR count). The van der Waals surface area contributed by atoms with E-state index in [1.807, 2.05) is 31.2 Å². The van der Waals surface area contributed by atoms with E-state index in [9.17, 15) is 19.5 Å². The lowest BCUT2D eigenvalue weighted by Crippen LogP contribution is -2.50. The number of fused-ring (bicyclic) bond motifs is 3. The summed E-state index contributed by atoms with van der Waals surface area (Å²) in [5, 5.41) is 15.0. The Balaban J connectivity index is 1.41. The summed E-state index contributed by atoms with van der Waals surface area (Å²) in [5.41, 5.74) is 4.61. The largest absolute Gasteiger partial charge is 0.480 e. The van der Waals surface area contributed by atoms with E-state index in [2.05, 4.69) is 34.9 Å². The number of carbonyl (C=O) groups is 3. The third kappa shape index (κ3) is 5.66. The van der Waals surface area contributed by atoms with Gasteiger partial charge in [-0.25, -0.2) is 9.59 Å². The van der Waals surface area contributed by atoms with E-state index in [1.165, 1.54) is 0 Å². The van der Waals surface area contributed by atoms with Crippen LogP contribution in [-0.2, 0) is 14.3 Å². The second-order valence-corrected chi connectivity index (χ2v) is 9.51. The second-order valence-electron chi connectivity index (χ2n) is 9.51. The van der Waals surface area contributed by atoms with Crippen molar-refractivity contribution in [2.75, 3.05) is 6.61 Å². The van der Waals surface area contributed by atoms with Crippen molar-refractivity contribution in [2.24, 2.45) is 5.92 Å². The molecule has 1 saturated carbocycles. The Labute approximate surface area is 206 Å². The van der Waals surface area contributed by atoms with Gasteiger partial charge in [0, 0.05) is 12.0 Å². The number of carboxylic acid groups (broad SMARTS) is 1. The first-order valence-electron chi connectivity index (χ1n) is 12.6. The van der Waals surface area contributed by atoms with E-state index in [0.29, 0.717) is 25.7 Å². The number of hydrogen-bond acceptors (Lipinski definition) is 4. The Morgan fingerprint density at radius 2 is 1.60 bits per heavy atom. The van der Waals surface area contributed by atoms with Crippen LogP contribution in [-0.4, -0.2) is 41.8 Å². The van der Waals surface area contributed by atoms with Gasteiger partial charge >= 0.3 is 12.1 Å². The molecule has 0 radical (unpaired) electrons. The normalized spacial score (nSPS) is 20.1. The molecule has 2 amide bonds. The van der Waals surface area contributed by atoms with E-state index >= 15 is 0 Å². The molecule has 1 fully saturated rings. The van der Waals surface area contributed by atoms with Gasteiger partial charge in [-0.2, -0.15) is 0 Å². The Morgan fingerprint density at radius 3 is 2.23 bits per heavy atom. The van der Waals surface area contributed by atoms with Gasteiger partial charge < -0.3 is 20.5 Å². The molecule has 2 aromatic carbocycles. The first kappa shape index (κ1) is 24.8. The van der Waals surface area contributed by atoms with Gasteiger partial charge in [0.05, 0.1) is 5.92 Å². The van der Waals surface area contributed by atoms with Crippen molar-refractivity contribution in [2.45, 2.75) is 69.9 Å². The number of ether oxygens (including phenoxy) is 1. The minimum atomic E-state index is -1.03. The summed E-state index contributed by atoms with van der Waals surface area (Å²) in [6.45, 7) is 2.09. The standard InChI is InChI=1S/C28H34N2O5/c1-2-10-25(27(32)33)29-26(31)22-15-4-3-5-16-24(22)30-28(34)35-17-23-20-13-8-6-11-18(20)19-12-7-9-14-21(19)23/h6-9,11-14,22-25H,2-5,10,15-17H2,1H3,(H,29,31)(H,30,34)(H,32,33)/t22-,24+,25?/m1/s1. The molecule has 0 heterocycles. The van der Waals surface area contributed by atoms with Crippen molar-refractivity contribution in [1.82, 2.24) is 10.6 Å². The molecule has 1 unspecified atom stereocenters. The SMILES string of the molecule is CCCC(NC(=O)[C@@H]1CCCCC[C@@H]1NC(=O)OCC1c2ccccc2-c2ccccc21)C(=O)O. The lowest BCUT2D eigenvalue weighted by Gasteiger charge is -2.27. The monoisotopic (exact) mass is 478 g/mol. The van der Waals surface area contributed by atoms with Crippen molar-refractivity contribution in [3.05, 3.63) is 59.7 Å². The zero-order valence-electron chi connectivity index (χ0n) is 20.2. The van der Waals surface area contributed by atoms with Crippen molar-refractivity contribution < 1.29 is 24.2 Å². The molecule has 0 aromatic heterocycles. The molecular formula is C28H34N2O5. The minimum absolute atomic E-state index is 0.0354. The van der Waals surface area contributed by atoms with E-state index in [4.69, 9.17) is 4.74 Å². The Morgan fingerprint density at radius 1 is 0.971 bits per heavy atom. The van der Waals surface area contributed by atoms with Crippen LogP contribution in [0.1, 0.15) is 68.9 Å². The number of carbonyl (C=O) groups excluding carboxylic acids is 2. The third-order valence-electron chi connectivity index (χ3n) is 7.19. The van der Waals surface area contributed by atoms with Gasteiger partial charge in [-0.05, 0) is 41.5 Å². The molecule has 0 aliphatic heterocycles. The fraction of sp³-hybridized carbons (Fsp3) is 0.464. The van der Waals surface area contributed by atoms with E-state index < -0.39 is 24.0 Å². The van der Waals surface area contributed by atoms with Crippen LogP contribution in [0.15, 0.2) is 48.5 Å². The number of nitrogens with one attached hydrogen (secondary N) is 2. The van der Waals surface area contributed by atoms with Crippen LogP contribution >= 0.6 is 0 Å². The van der Waals surface area contributed by atoms with Gasteiger partial charge in [0.15, 0.2) is 0 Å². The molecule has 3 atom stereocenters. The number of aliphatic carboxylic acids is 1. The molecule has 0 bridgehead atoms. The van der Waals surface area contributed by atoms with Crippen LogP contribution in [0.3, 0.4) is 0 Å². The predicted molar refractivity (Wildman–Crippen MR) is 133 cm³/mol. The lowest BCUT2D eigenvalue weighted by molar-refractivity contribution is -0.142. The first-order chi connectivity index (χ1) is 17.0. The lowest BCUT2D eigenvalue weighted by atomic mass is 9.93. The van der Waals surface area contributed by atoms with Gasteiger partial charge in [-0.3, -0.25) is 4.79 Å². The molecule has 3 N–H and O–H groups in total. The molecule has 0 spiro atoms. The summed E-state index contributed by atoms with van der Waals surface area (Å²) >= 11 is 0. The molecular weight excluding hydrogens is 444 g/mol. The second kappa shape index (κ2) is 11.4. The number of carboxylic acids is 1.